The lowest BCUT2D eigenvalue weighted by atomic mass is 9.92. The molecule has 1 N–H and O–H groups in total. The number of aromatic amines is 1. The summed E-state index contributed by atoms with van der Waals surface area (Å²) in [6.07, 6.45) is 5.43. The van der Waals surface area contributed by atoms with Crippen molar-refractivity contribution in [2.45, 2.75) is 78.2 Å². The molecule has 0 bridgehead atoms. The Balaban J connectivity index is 1.51. The molecule has 1 saturated heterocycles. The Labute approximate surface area is 189 Å². The Kier molecular flexibility index (Phi) is 6.67. The number of carbonyl (C=O) groups is 2. The number of nitrogens with zero attached hydrogens (tertiary/aromatic N) is 4. The Morgan fingerprint density at radius 2 is 1.84 bits per heavy atom. The zero-order valence-corrected chi connectivity index (χ0v) is 19.5. The first kappa shape index (κ1) is 22.6. The van der Waals surface area contributed by atoms with Crippen LogP contribution in [0, 0.1) is 5.92 Å². The zero-order valence-electron chi connectivity index (χ0n) is 19.5. The molecule has 8 heteroatoms. The van der Waals surface area contributed by atoms with E-state index in [-0.39, 0.29) is 29.2 Å². The number of likely N-dealkylation sites (tertiary alicyclic amines) is 1. The third-order valence-electron chi connectivity index (χ3n) is 7.18. The Bertz CT molecular complexity index is 1040. The quantitative estimate of drug-likeness (QED) is 0.746. The minimum atomic E-state index is -0.0554. The van der Waals surface area contributed by atoms with Crippen LogP contribution in [-0.4, -0.2) is 55.8 Å². The molecular weight excluding hydrogens is 406 g/mol. The van der Waals surface area contributed by atoms with Crippen molar-refractivity contribution in [3.63, 3.8) is 0 Å². The summed E-state index contributed by atoms with van der Waals surface area (Å²) in [5, 5.41) is 3.28. The van der Waals surface area contributed by atoms with Gasteiger partial charge in [0.15, 0.2) is 5.65 Å². The summed E-state index contributed by atoms with van der Waals surface area (Å²) in [4.78, 5) is 46.6. The topological polar surface area (TPSA) is 90.8 Å². The van der Waals surface area contributed by atoms with Gasteiger partial charge in [-0.3, -0.25) is 19.5 Å². The van der Waals surface area contributed by atoms with Gasteiger partial charge in [0.25, 0.3) is 5.56 Å². The van der Waals surface area contributed by atoms with E-state index in [4.69, 9.17) is 4.98 Å². The summed E-state index contributed by atoms with van der Waals surface area (Å²) in [7, 11) is 0. The van der Waals surface area contributed by atoms with Crippen molar-refractivity contribution in [3.05, 3.63) is 33.4 Å². The van der Waals surface area contributed by atoms with Gasteiger partial charge < -0.3 is 9.80 Å². The molecule has 0 atom stereocenters. The first-order valence-corrected chi connectivity index (χ1v) is 12.2. The van der Waals surface area contributed by atoms with Crippen LogP contribution < -0.4 is 5.56 Å². The lowest BCUT2D eigenvalue weighted by Gasteiger charge is -2.33. The number of hydrogen-bond acceptors (Lipinski definition) is 4. The van der Waals surface area contributed by atoms with Gasteiger partial charge in [0, 0.05) is 55.2 Å². The molecule has 1 fully saturated rings. The average molecular weight is 442 g/mol. The van der Waals surface area contributed by atoms with E-state index < -0.39 is 0 Å². The predicted octanol–water partition coefficient (Wildman–Crippen LogP) is 2.85. The minimum Gasteiger partial charge on any atom is -0.342 e. The molecule has 8 nitrogen and oxygen atoms in total. The molecule has 2 aromatic rings. The number of amides is 2. The van der Waals surface area contributed by atoms with Crippen molar-refractivity contribution < 1.29 is 9.59 Å². The van der Waals surface area contributed by atoms with E-state index >= 15 is 0 Å². The van der Waals surface area contributed by atoms with Crippen molar-refractivity contribution in [1.29, 1.82) is 0 Å². The number of carbonyl (C=O) groups excluding carboxylic acids is 2. The average Bonchev–Trinajstić information content (AvgIpc) is 3.24. The number of rotatable bonds is 6. The second-order valence-corrected chi connectivity index (χ2v) is 9.18. The largest absolute Gasteiger partial charge is 0.342 e. The molecule has 0 unspecified atom stereocenters. The standard InChI is InChI=1S/C24H35N5O3/c1-4-7-22(30)28-13-10-18-20(15-28)25-21-14-19(26-29(21)24(18)32)17-8-11-27(12-9-17)23(31)16(5-2)6-3/h14,16-17,26H,4-13,15H2,1-3H3. The second-order valence-electron chi connectivity index (χ2n) is 9.18. The summed E-state index contributed by atoms with van der Waals surface area (Å²) in [5.41, 5.74) is 3.00. The zero-order chi connectivity index (χ0) is 22.8. The first-order valence-electron chi connectivity index (χ1n) is 12.2. The Morgan fingerprint density at radius 3 is 2.50 bits per heavy atom. The monoisotopic (exact) mass is 441 g/mol. The predicted molar refractivity (Wildman–Crippen MR) is 122 cm³/mol. The number of piperidine rings is 1. The van der Waals surface area contributed by atoms with Gasteiger partial charge in [0.1, 0.15) is 0 Å². The molecule has 4 rings (SSSR count). The highest BCUT2D eigenvalue weighted by Gasteiger charge is 2.29. The van der Waals surface area contributed by atoms with Crippen LogP contribution in [-0.2, 0) is 22.6 Å². The smallest absolute Gasteiger partial charge is 0.276 e. The van der Waals surface area contributed by atoms with Gasteiger partial charge >= 0.3 is 0 Å². The molecule has 0 aromatic carbocycles. The van der Waals surface area contributed by atoms with E-state index in [9.17, 15) is 14.4 Å². The third-order valence-corrected chi connectivity index (χ3v) is 7.18. The molecular formula is C24H35N5O3. The van der Waals surface area contributed by atoms with Crippen molar-refractivity contribution in [3.8, 4) is 0 Å². The van der Waals surface area contributed by atoms with E-state index in [0.717, 1.165) is 56.6 Å². The molecule has 0 radical (unpaired) electrons. The molecule has 0 aliphatic carbocycles. The summed E-state index contributed by atoms with van der Waals surface area (Å²) in [6.45, 7) is 8.64. The third kappa shape index (κ3) is 4.19. The summed E-state index contributed by atoms with van der Waals surface area (Å²) in [5.74, 6) is 0.807. The number of fused-ring (bicyclic) bond motifs is 2. The fraction of sp³-hybridized carbons (Fsp3) is 0.667. The van der Waals surface area contributed by atoms with Gasteiger partial charge in [0.05, 0.1) is 12.2 Å². The highest BCUT2D eigenvalue weighted by atomic mass is 16.2. The maximum atomic E-state index is 13.1. The van der Waals surface area contributed by atoms with Crippen molar-refractivity contribution in [2.24, 2.45) is 5.92 Å². The van der Waals surface area contributed by atoms with Crippen molar-refractivity contribution >= 4 is 17.5 Å². The van der Waals surface area contributed by atoms with Crippen molar-refractivity contribution in [1.82, 2.24) is 24.4 Å². The van der Waals surface area contributed by atoms with Gasteiger partial charge in [-0.1, -0.05) is 20.8 Å². The van der Waals surface area contributed by atoms with E-state index in [2.05, 4.69) is 18.9 Å². The number of nitrogens with one attached hydrogen (secondary N) is 1. The minimum absolute atomic E-state index is 0.0554. The highest BCUT2D eigenvalue weighted by Crippen LogP contribution is 2.29. The van der Waals surface area contributed by atoms with Crippen LogP contribution >= 0.6 is 0 Å². The molecule has 0 spiro atoms. The maximum Gasteiger partial charge on any atom is 0.276 e. The SMILES string of the molecule is CCCC(=O)N1CCc2c(nc3cc(C4CCN(C(=O)C(CC)CC)CC4)[nH]n3c2=O)C1. The Morgan fingerprint density at radius 1 is 1.12 bits per heavy atom. The van der Waals surface area contributed by atoms with E-state index in [1.54, 1.807) is 4.52 Å². The van der Waals surface area contributed by atoms with E-state index in [1.807, 2.05) is 22.8 Å². The summed E-state index contributed by atoms with van der Waals surface area (Å²) >= 11 is 0. The molecule has 0 saturated carbocycles. The summed E-state index contributed by atoms with van der Waals surface area (Å²) in [6, 6.07) is 1.97. The summed E-state index contributed by atoms with van der Waals surface area (Å²) < 4.78 is 1.55. The molecule has 2 aromatic heterocycles. The van der Waals surface area contributed by atoms with Crippen LogP contribution in [0.5, 0.6) is 0 Å². The highest BCUT2D eigenvalue weighted by molar-refractivity contribution is 5.79. The van der Waals surface area contributed by atoms with Gasteiger partial charge in [0.2, 0.25) is 11.8 Å². The van der Waals surface area contributed by atoms with Crippen LogP contribution in [0.1, 0.15) is 82.2 Å². The van der Waals surface area contributed by atoms with Crippen molar-refractivity contribution in [2.75, 3.05) is 19.6 Å². The second kappa shape index (κ2) is 9.46. The number of hydrogen-bond donors (Lipinski definition) is 1. The lowest BCUT2D eigenvalue weighted by molar-refractivity contribution is -0.137. The van der Waals surface area contributed by atoms with Gasteiger partial charge in [-0.15, -0.1) is 0 Å². The molecule has 174 valence electrons. The van der Waals surface area contributed by atoms with E-state index in [1.165, 1.54) is 0 Å². The lowest BCUT2D eigenvalue weighted by Crippen LogP contribution is -2.41. The van der Waals surface area contributed by atoms with Gasteiger partial charge in [-0.2, -0.15) is 0 Å². The first-order chi connectivity index (χ1) is 15.5. The van der Waals surface area contributed by atoms with Gasteiger partial charge in [-0.05, 0) is 38.5 Å². The van der Waals surface area contributed by atoms with Crippen LogP contribution in [0.4, 0.5) is 0 Å². The van der Waals surface area contributed by atoms with Crippen LogP contribution in [0.2, 0.25) is 0 Å². The number of aromatic nitrogens is 3. The normalized spacial score (nSPS) is 17.2. The molecule has 32 heavy (non-hydrogen) atoms. The molecule has 2 amide bonds. The van der Waals surface area contributed by atoms with Crippen LogP contribution in [0.15, 0.2) is 10.9 Å². The fourth-order valence-corrected chi connectivity index (χ4v) is 5.11. The molecule has 2 aliphatic heterocycles. The Hall–Kier alpha value is -2.64. The van der Waals surface area contributed by atoms with Gasteiger partial charge in [-0.25, -0.2) is 9.50 Å². The molecule has 4 heterocycles. The van der Waals surface area contributed by atoms with E-state index in [0.29, 0.717) is 37.1 Å². The fourth-order valence-electron chi connectivity index (χ4n) is 5.11. The van der Waals surface area contributed by atoms with Crippen LogP contribution in [0.3, 0.4) is 0 Å². The number of H-pyrrole nitrogens is 1. The molecule has 2 aliphatic rings. The maximum absolute atomic E-state index is 13.1. The van der Waals surface area contributed by atoms with Crippen LogP contribution in [0.25, 0.3) is 5.65 Å².